The van der Waals surface area contributed by atoms with Gasteiger partial charge in [-0.3, -0.25) is 10.1 Å². The molecule has 0 unspecified atom stereocenters. The summed E-state index contributed by atoms with van der Waals surface area (Å²) < 4.78 is 4.95. The number of nitrogens with two attached hydrogens (primary N) is 1. The van der Waals surface area contributed by atoms with E-state index in [0.717, 1.165) is 6.42 Å². The zero-order valence-corrected chi connectivity index (χ0v) is 8.60. The van der Waals surface area contributed by atoms with Crippen molar-refractivity contribution in [1.29, 1.82) is 0 Å². The Bertz CT molecular complexity index is 353. The van der Waals surface area contributed by atoms with Crippen molar-refractivity contribution < 1.29 is 9.66 Å². The van der Waals surface area contributed by atoms with Crippen LogP contribution in [0.4, 0.5) is 5.69 Å². The Kier molecular flexibility index (Phi) is 4.05. The second-order valence-electron chi connectivity index (χ2n) is 3.12. The van der Waals surface area contributed by atoms with Gasteiger partial charge in [0.15, 0.2) is 5.75 Å². The van der Waals surface area contributed by atoms with Crippen molar-refractivity contribution in [3.63, 3.8) is 0 Å². The summed E-state index contributed by atoms with van der Waals surface area (Å²) >= 11 is 0. The Morgan fingerprint density at radius 1 is 1.53 bits per heavy atom. The molecule has 0 saturated carbocycles. The number of hydrogen-bond acceptors (Lipinski definition) is 4. The fourth-order valence-corrected chi connectivity index (χ4v) is 1.43. The fourth-order valence-electron chi connectivity index (χ4n) is 1.43. The summed E-state index contributed by atoms with van der Waals surface area (Å²) in [6, 6.07) is 5.07. The predicted molar refractivity (Wildman–Crippen MR) is 57.0 cm³/mol. The van der Waals surface area contributed by atoms with Gasteiger partial charge in [0.25, 0.3) is 0 Å². The lowest BCUT2D eigenvalue weighted by atomic mass is 10.1. The molecule has 0 bridgehead atoms. The number of nitro benzene ring substituents is 1. The standard InChI is InChI=1S/C10H14N2O3/c1-15-9-6-2-4-8(5-3-7-11)10(9)12(13)14/h2,4,6H,3,5,7,11H2,1H3. The molecule has 0 aliphatic rings. The second-order valence-corrected chi connectivity index (χ2v) is 3.12. The number of rotatable bonds is 5. The molecule has 0 amide bonds. The molecule has 0 fully saturated rings. The minimum absolute atomic E-state index is 0.0495. The lowest BCUT2D eigenvalue weighted by Crippen LogP contribution is -2.03. The molecule has 0 atom stereocenters. The average molecular weight is 210 g/mol. The number of aryl methyl sites for hydroxylation is 1. The zero-order chi connectivity index (χ0) is 11.3. The van der Waals surface area contributed by atoms with E-state index >= 15 is 0 Å². The van der Waals surface area contributed by atoms with Crippen molar-refractivity contribution in [2.75, 3.05) is 13.7 Å². The van der Waals surface area contributed by atoms with E-state index in [1.165, 1.54) is 7.11 Å². The molecule has 0 aromatic heterocycles. The van der Waals surface area contributed by atoms with Crippen molar-refractivity contribution >= 4 is 5.69 Å². The van der Waals surface area contributed by atoms with Gasteiger partial charge in [-0.1, -0.05) is 12.1 Å². The number of ether oxygens (including phenoxy) is 1. The molecule has 0 spiro atoms. The third kappa shape index (κ3) is 2.66. The third-order valence-corrected chi connectivity index (χ3v) is 2.14. The molecule has 2 N–H and O–H groups in total. The van der Waals surface area contributed by atoms with Gasteiger partial charge in [0.1, 0.15) is 0 Å². The highest BCUT2D eigenvalue weighted by atomic mass is 16.6. The second kappa shape index (κ2) is 5.31. The average Bonchev–Trinajstić information content (AvgIpc) is 2.25. The van der Waals surface area contributed by atoms with E-state index in [9.17, 15) is 10.1 Å². The maximum absolute atomic E-state index is 10.9. The number of nitro groups is 1. The lowest BCUT2D eigenvalue weighted by Gasteiger charge is -2.05. The summed E-state index contributed by atoms with van der Waals surface area (Å²) in [5.74, 6) is 0.300. The van der Waals surface area contributed by atoms with E-state index < -0.39 is 4.92 Å². The Labute approximate surface area is 88.0 Å². The monoisotopic (exact) mass is 210 g/mol. The Morgan fingerprint density at radius 3 is 2.80 bits per heavy atom. The number of hydrogen-bond donors (Lipinski definition) is 1. The van der Waals surface area contributed by atoms with Crippen molar-refractivity contribution in [2.45, 2.75) is 12.8 Å². The lowest BCUT2D eigenvalue weighted by molar-refractivity contribution is -0.386. The van der Waals surface area contributed by atoms with Crippen molar-refractivity contribution in [1.82, 2.24) is 0 Å². The van der Waals surface area contributed by atoms with Crippen LogP contribution in [-0.2, 0) is 6.42 Å². The van der Waals surface area contributed by atoms with Crippen LogP contribution in [0, 0.1) is 10.1 Å². The number of methoxy groups -OCH3 is 1. The number of nitrogens with zero attached hydrogens (tertiary/aromatic N) is 1. The summed E-state index contributed by atoms with van der Waals surface area (Å²) in [6.45, 7) is 0.522. The number of para-hydroxylation sites is 1. The molecule has 15 heavy (non-hydrogen) atoms. The van der Waals surface area contributed by atoms with Crippen molar-refractivity contribution in [3.05, 3.63) is 33.9 Å². The Balaban J connectivity index is 3.07. The van der Waals surface area contributed by atoms with Crippen LogP contribution in [0.25, 0.3) is 0 Å². The molecule has 5 nitrogen and oxygen atoms in total. The van der Waals surface area contributed by atoms with E-state index in [4.69, 9.17) is 10.5 Å². The molecule has 1 aromatic carbocycles. The third-order valence-electron chi connectivity index (χ3n) is 2.14. The normalized spacial score (nSPS) is 10.0. The molecule has 0 saturated heterocycles. The molecule has 5 heteroatoms. The van der Waals surface area contributed by atoms with E-state index in [2.05, 4.69) is 0 Å². The highest BCUT2D eigenvalue weighted by Gasteiger charge is 2.19. The van der Waals surface area contributed by atoms with Gasteiger partial charge in [0.05, 0.1) is 12.0 Å². The van der Waals surface area contributed by atoms with Crippen molar-refractivity contribution in [2.24, 2.45) is 5.73 Å². The molecule has 1 aromatic rings. The molecular formula is C10H14N2O3. The van der Waals surface area contributed by atoms with Crippen molar-refractivity contribution in [3.8, 4) is 5.75 Å². The first-order valence-electron chi connectivity index (χ1n) is 4.71. The minimum atomic E-state index is -0.412. The smallest absolute Gasteiger partial charge is 0.314 e. The van der Waals surface area contributed by atoms with Gasteiger partial charge in [-0.05, 0) is 25.5 Å². The van der Waals surface area contributed by atoms with Gasteiger partial charge < -0.3 is 10.5 Å². The maximum Gasteiger partial charge on any atom is 0.314 e. The topological polar surface area (TPSA) is 78.4 Å². The molecular weight excluding hydrogens is 196 g/mol. The fraction of sp³-hybridized carbons (Fsp3) is 0.400. The van der Waals surface area contributed by atoms with Gasteiger partial charge in [-0.15, -0.1) is 0 Å². The highest BCUT2D eigenvalue weighted by Crippen LogP contribution is 2.30. The Morgan fingerprint density at radius 2 is 2.27 bits per heavy atom. The summed E-state index contributed by atoms with van der Waals surface area (Å²) in [5, 5.41) is 10.9. The molecule has 0 heterocycles. The van der Waals surface area contributed by atoms with Crippen LogP contribution in [0.15, 0.2) is 18.2 Å². The zero-order valence-electron chi connectivity index (χ0n) is 8.60. The van der Waals surface area contributed by atoms with E-state index in [0.29, 0.717) is 24.3 Å². The van der Waals surface area contributed by atoms with Crippen LogP contribution in [-0.4, -0.2) is 18.6 Å². The summed E-state index contributed by atoms with van der Waals surface area (Å²) in [7, 11) is 1.43. The molecule has 0 aliphatic carbocycles. The first-order valence-corrected chi connectivity index (χ1v) is 4.71. The van der Waals surface area contributed by atoms with Gasteiger partial charge in [-0.2, -0.15) is 0 Å². The first-order chi connectivity index (χ1) is 7.20. The van der Waals surface area contributed by atoms with Crippen LogP contribution >= 0.6 is 0 Å². The first kappa shape index (κ1) is 11.5. The van der Waals surface area contributed by atoms with Crippen LogP contribution in [0.2, 0.25) is 0 Å². The molecule has 1 rings (SSSR count). The predicted octanol–water partition coefficient (Wildman–Crippen LogP) is 1.49. The van der Waals surface area contributed by atoms with Crippen LogP contribution in [0.1, 0.15) is 12.0 Å². The Hall–Kier alpha value is -1.62. The largest absolute Gasteiger partial charge is 0.490 e. The molecule has 0 radical (unpaired) electrons. The molecule has 0 aliphatic heterocycles. The number of benzene rings is 1. The van der Waals surface area contributed by atoms with E-state index in [1.807, 2.05) is 0 Å². The van der Waals surface area contributed by atoms with Gasteiger partial charge >= 0.3 is 5.69 Å². The highest BCUT2D eigenvalue weighted by molar-refractivity contribution is 5.52. The van der Waals surface area contributed by atoms with Gasteiger partial charge in [0.2, 0.25) is 0 Å². The minimum Gasteiger partial charge on any atom is -0.490 e. The summed E-state index contributed by atoms with van der Waals surface area (Å²) in [5.41, 5.74) is 6.09. The van der Waals surface area contributed by atoms with Crippen LogP contribution in [0.3, 0.4) is 0 Å². The quantitative estimate of drug-likeness (QED) is 0.590. The molecule has 82 valence electrons. The van der Waals surface area contributed by atoms with Crippen LogP contribution < -0.4 is 10.5 Å². The summed E-state index contributed by atoms with van der Waals surface area (Å²) in [6.07, 6.45) is 1.33. The van der Waals surface area contributed by atoms with E-state index in [1.54, 1.807) is 18.2 Å². The maximum atomic E-state index is 10.9. The van der Waals surface area contributed by atoms with E-state index in [-0.39, 0.29) is 5.69 Å². The van der Waals surface area contributed by atoms with Gasteiger partial charge in [0, 0.05) is 5.56 Å². The SMILES string of the molecule is COc1cccc(CCCN)c1[N+](=O)[O-]. The van der Waals surface area contributed by atoms with Gasteiger partial charge in [-0.25, -0.2) is 0 Å². The summed E-state index contributed by atoms with van der Waals surface area (Å²) in [4.78, 5) is 10.4. The van der Waals surface area contributed by atoms with Crippen LogP contribution in [0.5, 0.6) is 5.75 Å².